The van der Waals surface area contributed by atoms with Crippen LogP contribution in [0.4, 0.5) is 5.69 Å². The molecule has 1 aliphatic rings. The topological polar surface area (TPSA) is 60.4 Å². The first-order chi connectivity index (χ1) is 15.6. The average Bonchev–Trinajstić information content (AvgIpc) is 3.16. The zero-order chi connectivity index (χ0) is 22.5. The van der Waals surface area contributed by atoms with Crippen molar-refractivity contribution in [3.05, 3.63) is 89.6 Å². The minimum Gasteiger partial charge on any atom is -0.497 e. The van der Waals surface area contributed by atoms with Gasteiger partial charge in [0.05, 0.1) is 32.1 Å². The number of rotatable bonds is 7. The lowest BCUT2D eigenvalue weighted by atomic mass is 10.1. The van der Waals surface area contributed by atoms with Crippen molar-refractivity contribution in [3.8, 4) is 17.2 Å². The lowest BCUT2D eigenvalue weighted by Crippen LogP contribution is -2.32. The van der Waals surface area contributed by atoms with Crippen molar-refractivity contribution in [2.24, 2.45) is 4.99 Å². The second-order valence-corrected chi connectivity index (χ2v) is 7.01. The molecule has 0 unspecified atom stereocenters. The van der Waals surface area contributed by atoms with E-state index in [1.54, 1.807) is 25.2 Å². The van der Waals surface area contributed by atoms with Crippen LogP contribution in [0.2, 0.25) is 0 Å². The first-order valence-electron chi connectivity index (χ1n) is 10.3. The van der Waals surface area contributed by atoms with Crippen LogP contribution < -0.4 is 19.1 Å². The van der Waals surface area contributed by atoms with Gasteiger partial charge in [0, 0.05) is 0 Å². The molecule has 0 radical (unpaired) electrons. The average molecular weight is 428 g/mol. The fourth-order valence-electron chi connectivity index (χ4n) is 3.48. The summed E-state index contributed by atoms with van der Waals surface area (Å²) in [4.78, 5) is 19.8. The number of aliphatic imine (C=N–C) groups is 1. The molecule has 3 aromatic carbocycles. The summed E-state index contributed by atoms with van der Waals surface area (Å²) in [5.74, 6) is 2.42. The minimum atomic E-state index is -0.218. The van der Waals surface area contributed by atoms with Crippen LogP contribution in [0.5, 0.6) is 17.2 Å². The number of nitrogens with zero attached hydrogens (tertiary/aromatic N) is 2. The molecule has 3 aromatic rings. The molecule has 0 saturated carbocycles. The van der Waals surface area contributed by atoms with E-state index in [9.17, 15) is 4.79 Å². The molecule has 0 spiro atoms. The van der Waals surface area contributed by atoms with Crippen LogP contribution in [0.15, 0.2) is 83.5 Å². The Balaban J connectivity index is 1.78. The van der Waals surface area contributed by atoms with Crippen molar-refractivity contribution in [1.82, 2.24) is 0 Å². The molecule has 6 nitrogen and oxygen atoms in total. The van der Waals surface area contributed by atoms with E-state index in [2.05, 4.69) is 0 Å². The number of carbonyl (C=O) groups is 1. The summed E-state index contributed by atoms with van der Waals surface area (Å²) in [6.07, 6.45) is 1.77. The van der Waals surface area contributed by atoms with Crippen LogP contribution in [0, 0.1) is 0 Å². The first kappa shape index (κ1) is 21.2. The van der Waals surface area contributed by atoms with E-state index in [-0.39, 0.29) is 5.91 Å². The molecule has 0 saturated heterocycles. The number of hydrogen-bond donors (Lipinski definition) is 0. The van der Waals surface area contributed by atoms with Crippen molar-refractivity contribution in [3.63, 3.8) is 0 Å². The molecular weight excluding hydrogens is 404 g/mol. The molecule has 0 atom stereocenters. The van der Waals surface area contributed by atoms with Gasteiger partial charge >= 0.3 is 0 Å². The Kier molecular flexibility index (Phi) is 6.22. The Morgan fingerprint density at radius 3 is 2.22 bits per heavy atom. The van der Waals surface area contributed by atoms with Gasteiger partial charge < -0.3 is 14.2 Å². The Morgan fingerprint density at radius 2 is 1.56 bits per heavy atom. The highest BCUT2D eigenvalue weighted by Crippen LogP contribution is 2.32. The summed E-state index contributed by atoms with van der Waals surface area (Å²) < 4.78 is 16.3. The number of amidine groups is 1. The Bertz CT molecular complexity index is 1170. The van der Waals surface area contributed by atoms with Gasteiger partial charge in [-0.3, -0.25) is 9.69 Å². The maximum absolute atomic E-state index is 13.5. The number of hydrogen-bond acceptors (Lipinski definition) is 5. The molecule has 162 valence electrons. The highest BCUT2D eigenvalue weighted by molar-refractivity contribution is 6.33. The van der Waals surface area contributed by atoms with Crippen molar-refractivity contribution in [2.75, 3.05) is 25.7 Å². The van der Waals surface area contributed by atoms with E-state index in [1.165, 1.54) is 0 Å². The summed E-state index contributed by atoms with van der Waals surface area (Å²) in [5, 5.41) is 0. The van der Waals surface area contributed by atoms with E-state index >= 15 is 0 Å². The van der Waals surface area contributed by atoms with Gasteiger partial charge in [0.2, 0.25) is 0 Å². The van der Waals surface area contributed by atoms with Crippen LogP contribution in [0.1, 0.15) is 18.1 Å². The standard InChI is InChI=1S/C26H24N2O4/c1-4-32-21-13-9-18(10-14-21)17-23-26(29)28(19-11-15-20(30-2)16-12-19)25(27-23)22-7-5-6-8-24(22)31-3/h5-17H,4H2,1-3H3. The summed E-state index contributed by atoms with van der Waals surface area (Å²) in [5.41, 5.74) is 2.62. The van der Waals surface area contributed by atoms with Crippen molar-refractivity contribution >= 4 is 23.5 Å². The number of anilines is 1. The number of carbonyl (C=O) groups excluding carboxylic acids is 1. The fourth-order valence-corrected chi connectivity index (χ4v) is 3.48. The number of benzene rings is 3. The van der Waals surface area contributed by atoms with Crippen LogP contribution in [0.3, 0.4) is 0 Å². The largest absolute Gasteiger partial charge is 0.497 e. The molecule has 1 heterocycles. The molecule has 32 heavy (non-hydrogen) atoms. The van der Waals surface area contributed by atoms with Crippen LogP contribution >= 0.6 is 0 Å². The molecule has 0 aliphatic carbocycles. The van der Waals surface area contributed by atoms with Crippen LogP contribution in [-0.4, -0.2) is 32.6 Å². The third kappa shape index (κ3) is 4.21. The van der Waals surface area contributed by atoms with Gasteiger partial charge in [-0.15, -0.1) is 0 Å². The second-order valence-electron chi connectivity index (χ2n) is 7.01. The maximum atomic E-state index is 13.5. The predicted octanol–water partition coefficient (Wildman–Crippen LogP) is 4.94. The van der Waals surface area contributed by atoms with E-state index in [1.807, 2.05) is 79.7 Å². The predicted molar refractivity (Wildman–Crippen MR) is 126 cm³/mol. The van der Waals surface area contributed by atoms with E-state index in [0.717, 1.165) is 16.9 Å². The lowest BCUT2D eigenvalue weighted by Gasteiger charge is -2.20. The molecular formula is C26H24N2O4. The molecule has 0 fully saturated rings. The second kappa shape index (κ2) is 9.39. The van der Waals surface area contributed by atoms with Gasteiger partial charge in [0.15, 0.2) is 5.84 Å². The third-order valence-corrected chi connectivity index (χ3v) is 5.03. The van der Waals surface area contributed by atoms with Gasteiger partial charge in [-0.05, 0) is 67.1 Å². The number of ether oxygens (including phenoxy) is 3. The Hall–Kier alpha value is -4.06. The SMILES string of the molecule is CCOc1ccc(C=C2N=C(c3ccccc3OC)N(c3ccc(OC)cc3)C2=O)cc1. The highest BCUT2D eigenvalue weighted by Gasteiger charge is 2.33. The normalized spacial score (nSPS) is 14.5. The summed E-state index contributed by atoms with van der Waals surface area (Å²) in [6, 6.07) is 22.4. The fraction of sp³-hybridized carbons (Fsp3) is 0.154. The molecule has 1 amide bonds. The number of methoxy groups -OCH3 is 2. The molecule has 0 N–H and O–H groups in total. The van der Waals surface area contributed by atoms with Crippen molar-refractivity contribution in [2.45, 2.75) is 6.92 Å². The number of para-hydroxylation sites is 1. The van der Waals surface area contributed by atoms with Gasteiger partial charge in [0.1, 0.15) is 22.9 Å². The van der Waals surface area contributed by atoms with E-state index in [4.69, 9.17) is 19.2 Å². The molecule has 6 heteroatoms. The minimum absolute atomic E-state index is 0.218. The Morgan fingerprint density at radius 1 is 0.875 bits per heavy atom. The summed E-state index contributed by atoms with van der Waals surface area (Å²) in [7, 11) is 3.21. The molecule has 0 bridgehead atoms. The highest BCUT2D eigenvalue weighted by atomic mass is 16.5. The van der Waals surface area contributed by atoms with E-state index in [0.29, 0.717) is 35.3 Å². The van der Waals surface area contributed by atoms with Gasteiger partial charge in [-0.1, -0.05) is 24.3 Å². The maximum Gasteiger partial charge on any atom is 0.282 e. The van der Waals surface area contributed by atoms with Crippen molar-refractivity contribution in [1.29, 1.82) is 0 Å². The molecule has 0 aromatic heterocycles. The van der Waals surface area contributed by atoms with Crippen LogP contribution in [-0.2, 0) is 4.79 Å². The zero-order valence-corrected chi connectivity index (χ0v) is 18.2. The van der Waals surface area contributed by atoms with Crippen LogP contribution in [0.25, 0.3) is 6.08 Å². The van der Waals surface area contributed by atoms with E-state index < -0.39 is 0 Å². The molecule has 1 aliphatic heterocycles. The van der Waals surface area contributed by atoms with Gasteiger partial charge in [-0.2, -0.15) is 0 Å². The first-order valence-corrected chi connectivity index (χ1v) is 10.3. The third-order valence-electron chi connectivity index (χ3n) is 5.03. The lowest BCUT2D eigenvalue weighted by molar-refractivity contribution is -0.113. The summed E-state index contributed by atoms with van der Waals surface area (Å²) in [6.45, 7) is 2.54. The van der Waals surface area contributed by atoms with Gasteiger partial charge in [0.25, 0.3) is 5.91 Å². The smallest absolute Gasteiger partial charge is 0.282 e. The zero-order valence-electron chi connectivity index (χ0n) is 18.2. The van der Waals surface area contributed by atoms with Crippen molar-refractivity contribution < 1.29 is 19.0 Å². The number of amides is 1. The summed E-state index contributed by atoms with van der Waals surface area (Å²) >= 11 is 0. The monoisotopic (exact) mass is 428 g/mol. The Labute approximate surface area is 187 Å². The molecule has 4 rings (SSSR count). The quantitative estimate of drug-likeness (QED) is 0.500. The van der Waals surface area contributed by atoms with Gasteiger partial charge in [-0.25, -0.2) is 4.99 Å².